The third-order valence-electron chi connectivity index (χ3n) is 5.70. The van der Waals surface area contributed by atoms with Crippen molar-refractivity contribution < 1.29 is 4.79 Å². The largest absolute Gasteiger partial charge is 0.367 e. The number of aromatic nitrogens is 2. The van der Waals surface area contributed by atoms with E-state index in [-0.39, 0.29) is 11.0 Å². The van der Waals surface area contributed by atoms with Crippen LogP contribution in [0.25, 0.3) is 11.0 Å². The van der Waals surface area contributed by atoms with E-state index in [0.29, 0.717) is 28.3 Å². The van der Waals surface area contributed by atoms with Crippen molar-refractivity contribution in [2.75, 3.05) is 43.4 Å². The van der Waals surface area contributed by atoms with Crippen LogP contribution in [0.5, 0.6) is 0 Å². The molecule has 0 spiro atoms. The number of nitrogens with zero attached hydrogens (tertiary/aromatic N) is 4. The van der Waals surface area contributed by atoms with Crippen LogP contribution in [0.4, 0.5) is 11.4 Å². The second-order valence-corrected chi connectivity index (χ2v) is 8.32. The molecule has 1 saturated heterocycles. The Bertz CT molecular complexity index is 1200. The number of piperazine rings is 1. The predicted molar refractivity (Wildman–Crippen MR) is 126 cm³/mol. The van der Waals surface area contributed by atoms with Crippen LogP contribution in [0.3, 0.4) is 0 Å². The number of carbonyl (C=O) groups excluding carboxylic acids is 1. The van der Waals surface area contributed by atoms with Gasteiger partial charge in [-0.3, -0.25) is 9.59 Å². The summed E-state index contributed by atoms with van der Waals surface area (Å²) in [5.74, 6) is -0.452. The van der Waals surface area contributed by atoms with Crippen LogP contribution >= 0.6 is 11.6 Å². The van der Waals surface area contributed by atoms with Crippen molar-refractivity contribution >= 4 is 39.9 Å². The van der Waals surface area contributed by atoms with E-state index in [4.69, 9.17) is 11.6 Å². The lowest BCUT2D eigenvalue weighted by Crippen LogP contribution is -2.44. The van der Waals surface area contributed by atoms with Gasteiger partial charge in [0.1, 0.15) is 11.2 Å². The topological polar surface area (TPSA) is 70.5 Å². The molecule has 0 bridgehead atoms. The molecule has 1 aliphatic heterocycles. The van der Waals surface area contributed by atoms with Gasteiger partial charge in [0, 0.05) is 49.6 Å². The molecule has 0 atom stereocenters. The first-order valence-corrected chi connectivity index (χ1v) is 10.8. The van der Waals surface area contributed by atoms with Gasteiger partial charge in [-0.2, -0.15) is 0 Å². The van der Waals surface area contributed by atoms with E-state index >= 15 is 0 Å². The van der Waals surface area contributed by atoms with Crippen LogP contribution in [0.15, 0.2) is 41.3 Å². The minimum Gasteiger partial charge on any atom is -0.367 e. The number of likely N-dealkylation sites (N-methyl/N-ethyl adjacent to an activating group) is 1. The molecule has 0 aliphatic carbocycles. The summed E-state index contributed by atoms with van der Waals surface area (Å²) in [7, 11) is 2.09. The zero-order valence-corrected chi connectivity index (χ0v) is 18.7. The summed E-state index contributed by atoms with van der Waals surface area (Å²) in [5.41, 5.74) is 2.68. The Morgan fingerprint density at radius 2 is 1.90 bits per heavy atom. The average molecular weight is 440 g/mol. The maximum Gasteiger partial charge on any atom is 0.261 e. The Labute approximate surface area is 186 Å². The van der Waals surface area contributed by atoms with Crippen molar-refractivity contribution in [2.45, 2.75) is 20.4 Å². The minimum absolute atomic E-state index is 0.0873. The molecule has 1 N–H and O–H groups in total. The third kappa shape index (κ3) is 4.29. The molecule has 0 saturated carbocycles. The van der Waals surface area contributed by atoms with Crippen LogP contribution in [0.2, 0.25) is 5.02 Å². The zero-order chi connectivity index (χ0) is 22.1. The summed E-state index contributed by atoms with van der Waals surface area (Å²) in [4.78, 5) is 35.3. The molecule has 3 heterocycles. The highest BCUT2D eigenvalue weighted by atomic mass is 35.5. The molecule has 4 rings (SSSR count). The fourth-order valence-corrected chi connectivity index (χ4v) is 4.06. The maximum atomic E-state index is 13.2. The first-order valence-electron chi connectivity index (χ1n) is 10.4. The summed E-state index contributed by atoms with van der Waals surface area (Å²) in [6.45, 7) is 8.01. The lowest BCUT2D eigenvalue weighted by molar-refractivity contribution is 0.102. The van der Waals surface area contributed by atoms with E-state index in [2.05, 4.69) is 27.1 Å². The molecule has 1 aromatic carbocycles. The van der Waals surface area contributed by atoms with Crippen molar-refractivity contribution in [1.82, 2.24) is 14.5 Å². The lowest BCUT2D eigenvalue weighted by atomic mass is 10.1. The summed E-state index contributed by atoms with van der Waals surface area (Å²) in [6.07, 6.45) is 1.59. The van der Waals surface area contributed by atoms with Crippen LogP contribution in [0, 0.1) is 6.92 Å². The van der Waals surface area contributed by atoms with Crippen molar-refractivity contribution in [3.05, 3.63) is 63.0 Å². The fourth-order valence-electron chi connectivity index (χ4n) is 3.88. The van der Waals surface area contributed by atoms with Gasteiger partial charge in [-0.25, -0.2) is 4.98 Å². The Hall–Kier alpha value is -2.90. The SMILES string of the molecule is CCn1cc(C(=O)Nc2cc(Cl)ccc2N2CCN(C)CC2)c(=O)c2ccc(C)nc21. The molecular weight excluding hydrogens is 414 g/mol. The van der Waals surface area contributed by atoms with Crippen molar-refractivity contribution in [2.24, 2.45) is 0 Å². The Kier molecular flexibility index (Phi) is 5.98. The van der Waals surface area contributed by atoms with Crippen LogP contribution in [-0.2, 0) is 6.54 Å². The molecule has 2 aromatic heterocycles. The quantitative estimate of drug-likeness (QED) is 0.674. The number of rotatable bonds is 4. The van der Waals surface area contributed by atoms with E-state index in [0.717, 1.165) is 37.6 Å². The number of nitrogens with one attached hydrogen (secondary N) is 1. The van der Waals surface area contributed by atoms with Gasteiger partial charge >= 0.3 is 0 Å². The number of carbonyl (C=O) groups is 1. The zero-order valence-electron chi connectivity index (χ0n) is 18.0. The number of amides is 1. The normalized spacial score (nSPS) is 14.8. The molecule has 7 nitrogen and oxygen atoms in total. The highest BCUT2D eigenvalue weighted by molar-refractivity contribution is 6.31. The van der Waals surface area contributed by atoms with Gasteiger partial charge < -0.3 is 19.7 Å². The molecule has 0 unspecified atom stereocenters. The number of fused-ring (bicyclic) bond motifs is 1. The molecular formula is C23H26ClN5O2. The van der Waals surface area contributed by atoms with E-state index in [9.17, 15) is 9.59 Å². The Morgan fingerprint density at radius 1 is 1.16 bits per heavy atom. The number of halogens is 1. The van der Waals surface area contributed by atoms with E-state index in [1.54, 1.807) is 24.4 Å². The standard InChI is InChI=1S/C23H26ClN5O2/c1-4-28-14-18(21(30)17-7-5-15(2)25-22(17)28)23(31)26-19-13-16(24)6-8-20(19)29-11-9-27(3)10-12-29/h5-8,13-14H,4,9-12H2,1-3H3,(H,26,31). The number of aryl methyl sites for hydroxylation is 2. The van der Waals surface area contributed by atoms with Crippen LogP contribution < -0.4 is 15.6 Å². The van der Waals surface area contributed by atoms with Crippen molar-refractivity contribution in [3.8, 4) is 0 Å². The van der Waals surface area contributed by atoms with Gasteiger partial charge in [0.15, 0.2) is 0 Å². The Balaban J connectivity index is 1.71. The predicted octanol–water partition coefficient (Wildman–Crippen LogP) is 3.38. The number of pyridine rings is 2. The molecule has 3 aromatic rings. The number of anilines is 2. The van der Waals surface area contributed by atoms with Gasteiger partial charge in [-0.05, 0) is 51.2 Å². The van der Waals surface area contributed by atoms with Crippen LogP contribution in [0.1, 0.15) is 23.0 Å². The molecule has 162 valence electrons. The van der Waals surface area contributed by atoms with Crippen molar-refractivity contribution in [1.29, 1.82) is 0 Å². The van der Waals surface area contributed by atoms with E-state index in [1.807, 2.05) is 30.5 Å². The molecule has 1 aliphatic rings. The first kappa shape index (κ1) is 21.3. The smallest absolute Gasteiger partial charge is 0.261 e. The third-order valence-corrected chi connectivity index (χ3v) is 5.93. The minimum atomic E-state index is -0.452. The summed E-state index contributed by atoms with van der Waals surface area (Å²) < 4.78 is 1.83. The number of benzene rings is 1. The highest BCUT2D eigenvalue weighted by Gasteiger charge is 2.21. The Morgan fingerprint density at radius 3 is 2.61 bits per heavy atom. The average Bonchev–Trinajstić information content (AvgIpc) is 2.75. The van der Waals surface area contributed by atoms with E-state index < -0.39 is 5.91 Å². The summed E-state index contributed by atoms with van der Waals surface area (Å²) in [6, 6.07) is 8.99. The second kappa shape index (κ2) is 8.69. The highest BCUT2D eigenvalue weighted by Crippen LogP contribution is 2.30. The first-order chi connectivity index (χ1) is 14.9. The molecule has 1 fully saturated rings. The number of hydrogen-bond donors (Lipinski definition) is 1. The molecule has 1 amide bonds. The second-order valence-electron chi connectivity index (χ2n) is 7.89. The van der Waals surface area contributed by atoms with Crippen LogP contribution in [-0.4, -0.2) is 53.6 Å². The van der Waals surface area contributed by atoms with Gasteiger partial charge in [-0.15, -0.1) is 0 Å². The van der Waals surface area contributed by atoms with Crippen molar-refractivity contribution in [3.63, 3.8) is 0 Å². The molecule has 8 heteroatoms. The molecule has 0 radical (unpaired) electrons. The number of hydrogen-bond acceptors (Lipinski definition) is 5. The van der Waals surface area contributed by atoms with Gasteiger partial charge in [0.25, 0.3) is 5.91 Å². The molecule has 31 heavy (non-hydrogen) atoms. The van der Waals surface area contributed by atoms with Gasteiger partial charge in [-0.1, -0.05) is 11.6 Å². The van der Waals surface area contributed by atoms with E-state index in [1.165, 1.54) is 0 Å². The lowest BCUT2D eigenvalue weighted by Gasteiger charge is -2.35. The summed E-state index contributed by atoms with van der Waals surface area (Å²) >= 11 is 6.23. The monoisotopic (exact) mass is 439 g/mol. The summed E-state index contributed by atoms with van der Waals surface area (Å²) in [5, 5.41) is 3.89. The van der Waals surface area contributed by atoms with Gasteiger partial charge in [0.2, 0.25) is 5.43 Å². The fraction of sp³-hybridized carbons (Fsp3) is 0.348. The maximum absolute atomic E-state index is 13.2. The van der Waals surface area contributed by atoms with Gasteiger partial charge in [0.05, 0.1) is 16.8 Å².